The van der Waals surface area contributed by atoms with E-state index in [1.54, 1.807) is 0 Å². The van der Waals surface area contributed by atoms with E-state index in [2.05, 4.69) is 4.74 Å². The van der Waals surface area contributed by atoms with Crippen molar-refractivity contribution in [3.63, 3.8) is 0 Å². The smallest absolute Gasteiger partial charge is 0.379 e. The van der Waals surface area contributed by atoms with Gasteiger partial charge >= 0.3 is 6.18 Å². The van der Waals surface area contributed by atoms with Crippen LogP contribution in [-0.4, -0.2) is 19.4 Å². The molecule has 1 aliphatic rings. The summed E-state index contributed by atoms with van der Waals surface area (Å²) in [7, 11) is 0. The van der Waals surface area contributed by atoms with E-state index >= 15 is 0 Å². The summed E-state index contributed by atoms with van der Waals surface area (Å²) in [6, 6.07) is 2.05. The zero-order chi connectivity index (χ0) is 12.0. The van der Waals surface area contributed by atoms with Gasteiger partial charge in [-0.2, -0.15) is 13.2 Å². The van der Waals surface area contributed by atoms with Crippen molar-refractivity contribution in [1.29, 1.82) is 0 Å². The quantitative estimate of drug-likeness (QED) is 0.683. The summed E-state index contributed by atoms with van der Waals surface area (Å²) in [6.07, 6.45) is -4.65. The minimum Gasteiger partial charge on any atom is -0.379 e. The van der Waals surface area contributed by atoms with Crippen molar-refractivity contribution in [3.8, 4) is 0 Å². The Bertz CT molecular complexity index is 408. The topological polar surface area (TPSA) is 9.23 Å². The first kappa shape index (κ1) is 11.3. The molecule has 88 valence electrons. The lowest BCUT2D eigenvalue weighted by Crippen LogP contribution is -2.57. The molecule has 0 atom stereocenters. The van der Waals surface area contributed by atoms with Gasteiger partial charge in [0.25, 0.3) is 0 Å². The van der Waals surface area contributed by atoms with Crippen LogP contribution >= 0.6 is 0 Å². The lowest BCUT2D eigenvalue weighted by atomic mass is 9.77. The van der Waals surface area contributed by atoms with Gasteiger partial charge in [-0.1, -0.05) is 0 Å². The Morgan fingerprint density at radius 3 is 2.19 bits per heavy atom. The molecule has 0 aromatic heterocycles. The van der Waals surface area contributed by atoms with Crippen LogP contribution in [0.2, 0.25) is 0 Å². The van der Waals surface area contributed by atoms with Crippen molar-refractivity contribution in [2.45, 2.75) is 11.6 Å². The summed E-state index contributed by atoms with van der Waals surface area (Å²) in [5.74, 6) is -1.96. The van der Waals surface area contributed by atoms with Gasteiger partial charge in [-0.3, -0.25) is 0 Å². The molecule has 0 spiro atoms. The Hall–Kier alpha value is -1.17. The molecular weight excluding hydrogens is 231 g/mol. The zero-order valence-electron chi connectivity index (χ0n) is 7.94. The standard InChI is InChI=1S/C10H7F5O/c11-6-1-2-8(12)7(3-6)9(4-16-5-9)10(13,14)15/h1-3H,4-5H2. The van der Waals surface area contributed by atoms with E-state index in [9.17, 15) is 22.0 Å². The van der Waals surface area contributed by atoms with Gasteiger partial charge in [0.05, 0.1) is 13.2 Å². The van der Waals surface area contributed by atoms with E-state index in [0.29, 0.717) is 12.1 Å². The maximum Gasteiger partial charge on any atom is 0.402 e. The van der Waals surface area contributed by atoms with E-state index in [1.165, 1.54) is 0 Å². The molecule has 16 heavy (non-hydrogen) atoms. The average Bonchev–Trinajstić information content (AvgIpc) is 2.06. The highest BCUT2D eigenvalue weighted by Gasteiger charge is 2.62. The summed E-state index contributed by atoms with van der Waals surface area (Å²) < 4.78 is 69.0. The summed E-state index contributed by atoms with van der Waals surface area (Å²) in [4.78, 5) is 0. The molecule has 0 radical (unpaired) electrons. The van der Waals surface area contributed by atoms with Crippen LogP contribution in [0.25, 0.3) is 0 Å². The third-order valence-electron chi connectivity index (χ3n) is 2.68. The lowest BCUT2D eigenvalue weighted by molar-refractivity contribution is -0.263. The van der Waals surface area contributed by atoms with Crippen LogP contribution in [0.1, 0.15) is 5.56 Å². The molecule has 1 fully saturated rings. The van der Waals surface area contributed by atoms with Crippen LogP contribution < -0.4 is 0 Å². The first-order valence-electron chi connectivity index (χ1n) is 4.47. The fourth-order valence-corrected chi connectivity index (χ4v) is 1.64. The molecule has 0 saturated carbocycles. The number of hydrogen-bond acceptors (Lipinski definition) is 1. The molecule has 0 amide bonds. The van der Waals surface area contributed by atoms with Gasteiger partial charge in [-0.15, -0.1) is 0 Å². The Labute approximate surface area is 87.8 Å². The molecule has 2 rings (SSSR count). The number of benzene rings is 1. The molecule has 0 unspecified atom stereocenters. The maximum absolute atomic E-state index is 13.3. The van der Waals surface area contributed by atoms with Crippen LogP contribution in [0.3, 0.4) is 0 Å². The summed E-state index contributed by atoms with van der Waals surface area (Å²) in [5.41, 5.74) is -3.09. The number of halogens is 5. The predicted octanol–water partition coefficient (Wildman–Crippen LogP) is 2.80. The van der Waals surface area contributed by atoms with Crippen molar-refractivity contribution in [2.24, 2.45) is 0 Å². The maximum atomic E-state index is 13.3. The van der Waals surface area contributed by atoms with Crippen LogP contribution in [-0.2, 0) is 10.2 Å². The van der Waals surface area contributed by atoms with E-state index in [-0.39, 0.29) is 0 Å². The van der Waals surface area contributed by atoms with Crippen molar-refractivity contribution >= 4 is 0 Å². The summed E-state index contributed by atoms with van der Waals surface area (Å²) >= 11 is 0. The highest BCUT2D eigenvalue weighted by molar-refractivity contribution is 5.32. The molecule has 0 aliphatic carbocycles. The Morgan fingerprint density at radius 2 is 1.75 bits per heavy atom. The number of rotatable bonds is 1. The first-order valence-corrected chi connectivity index (χ1v) is 4.47. The fraction of sp³-hybridized carbons (Fsp3) is 0.400. The first-order chi connectivity index (χ1) is 7.37. The van der Waals surface area contributed by atoms with Gasteiger partial charge in [-0.25, -0.2) is 8.78 Å². The van der Waals surface area contributed by atoms with E-state index in [1.807, 2.05) is 0 Å². The minimum atomic E-state index is -4.65. The minimum absolute atomic E-state index is 0.575. The van der Waals surface area contributed by atoms with Crippen molar-refractivity contribution in [2.75, 3.05) is 13.2 Å². The molecule has 1 aromatic rings. The number of hydrogen-bond donors (Lipinski definition) is 0. The zero-order valence-corrected chi connectivity index (χ0v) is 7.94. The van der Waals surface area contributed by atoms with Crippen LogP contribution in [0, 0.1) is 11.6 Å². The third kappa shape index (κ3) is 1.48. The van der Waals surface area contributed by atoms with Gasteiger partial charge in [0.1, 0.15) is 17.0 Å². The Kier molecular flexibility index (Phi) is 2.41. The van der Waals surface area contributed by atoms with Crippen LogP contribution in [0.15, 0.2) is 18.2 Å². The van der Waals surface area contributed by atoms with Gasteiger partial charge in [0, 0.05) is 5.56 Å². The number of alkyl halides is 3. The van der Waals surface area contributed by atoms with Crippen molar-refractivity contribution < 1.29 is 26.7 Å². The SMILES string of the molecule is Fc1ccc(F)c(C2(C(F)(F)F)COC2)c1. The Morgan fingerprint density at radius 1 is 1.12 bits per heavy atom. The van der Waals surface area contributed by atoms with E-state index in [4.69, 9.17) is 0 Å². The number of ether oxygens (including phenoxy) is 1. The highest BCUT2D eigenvalue weighted by Crippen LogP contribution is 2.47. The summed E-state index contributed by atoms with van der Waals surface area (Å²) in [6.45, 7) is -1.34. The lowest BCUT2D eigenvalue weighted by Gasteiger charge is -2.43. The van der Waals surface area contributed by atoms with Crippen LogP contribution in [0.4, 0.5) is 22.0 Å². The van der Waals surface area contributed by atoms with Gasteiger partial charge < -0.3 is 4.74 Å². The molecule has 6 heteroatoms. The second-order valence-corrected chi connectivity index (χ2v) is 3.70. The molecule has 1 nitrogen and oxygen atoms in total. The predicted molar refractivity (Wildman–Crippen MR) is 44.9 cm³/mol. The largest absolute Gasteiger partial charge is 0.402 e. The van der Waals surface area contributed by atoms with Crippen molar-refractivity contribution in [3.05, 3.63) is 35.4 Å². The normalized spacial score (nSPS) is 19.3. The highest BCUT2D eigenvalue weighted by atomic mass is 19.4. The third-order valence-corrected chi connectivity index (χ3v) is 2.68. The second-order valence-electron chi connectivity index (χ2n) is 3.70. The Balaban J connectivity index is 2.53. The van der Waals surface area contributed by atoms with E-state index in [0.717, 1.165) is 6.07 Å². The van der Waals surface area contributed by atoms with E-state index < -0.39 is 42.0 Å². The van der Waals surface area contributed by atoms with Gasteiger partial charge in [0.2, 0.25) is 0 Å². The summed E-state index contributed by atoms with van der Waals surface area (Å²) in [5, 5.41) is 0. The monoisotopic (exact) mass is 238 g/mol. The van der Waals surface area contributed by atoms with Gasteiger partial charge in [-0.05, 0) is 18.2 Å². The van der Waals surface area contributed by atoms with Crippen LogP contribution in [0.5, 0.6) is 0 Å². The molecule has 1 heterocycles. The second kappa shape index (κ2) is 3.41. The molecule has 1 aliphatic heterocycles. The van der Waals surface area contributed by atoms with Crippen molar-refractivity contribution in [1.82, 2.24) is 0 Å². The average molecular weight is 238 g/mol. The van der Waals surface area contributed by atoms with Gasteiger partial charge in [0.15, 0.2) is 0 Å². The molecule has 1 saturated heterocycles. The fourth-order valence-electron chi connectivity index (χ4n) is 1.64. The molecule has 0 N–H and O–H groups in total. The molecule has 0 bridgehead atoms. The molecular formula is C10H7F5O. The molecule has 1 aromatic carbocycles.